The predicted octanol–water partition coefficient (Wildman–Crippen LogP) is 2.81. The zero-order valence-corrected chi connectivity index (χ0v) is 14.1. The van der Waals surface area contributed by atoms with Crippen molar-refractivity contribution in [1.82, 2.24) is 5.32 Å². The van der Waals surface area contributed by atoms with Crippen molar-refractivity contribution < 1.29 is 23.7 Å². The lowest BCUT2D eigenvalue weighted by atomic mass is 10.2. The number of nitro groups is 1. The molecule has 1 aromatic heterocycles. The van der Waals surface area contributed by atoms with Crippen LogP contribution in [0, 0.1) is 10.1 Å². The molecule has 0 saturated heterocycles. The summed E-state index contributed by atoms with van der Waals surface area (Å²) in [6.07, 6.45) is 0.418. The van der Waals surface area contributed by atoms with Gasteiger partial charge in [-0.2, -0.15) is 0 Å². The molecule has 126 valence electrons. The van der Waals surface area contributed by atoms with Gasteiger partial charge in [-0.05, 0) is 47.1 Å². The molecule has 0 bridgehead atoms. The van der Waals surface area contributed by atoms with Crippen molar-refractivity contribution >= 4 is 33.5 Å². The van der Waals surface area contributed by atoms with E-state index < -0.39 is 22.9 Å². The molecule has 1 heterocycles. The molecular weight excluding hydrogens is 384 g/mol. The molecule has 2 aromatic rings. The third-order valence-corrected chi connectivity index (χ3v) is 3.72. The monoisotopic (exact) mass is 396 g/mol. The maximum absolute atomic E-state index is 12.0. The first-order valence-electron chi connectivity index (χ1n) is 6.83. The molecule has 0 fully saturated rings. The molecule has 0 aliphatic carbocycles. The summed E-state index contributed by atoms with van der Waals surface area (Å²) in [4.78, 5) is 34.2. The second-order valence-electron chi connectivity index (χ2n) is 4.77. The van der Waals surface area contributed by atoms with E-state index in [1.54, 1.807) is 12.1 Å². The minimum Gasteiger partial charge on any atom is -0.467 e. The fourth-order valence-corrected chi connectivity index (χ4v) is 2.18. The van der Waals surface area contributed by atoms with Gasteiger partial charge in [0, 0.05) is 6.07 Å². The fraction of sp³-hybridized carbons (Fsp3) is 0.200. The third-order valence-electron chi connectivity index (χ3n) is 3.05. The Morgan fingerprint density at radius 2 is 2.17 bits per heavy atom. The summed E-state index contributed by atoms with van der Waals surface area (Å²) in [6, 6.07) is 7.20. The van der Waals surface area contributed by atoms with Crippen LogP contribution >= 0.6 is 15.9 Å². The number of hydrogen-bond donors (Lipinski definition) is 1. The highest BCUT2D eigenvalue weighted by Crippen LogP contribution is 2.26. The van der Waals surface area contributed by atoms with Gasteiger partial charge in [0.2, 0.25) is 0 Å². The molecule has 8 nitrogen and oxygen atoms in total. The second kappa shape index (κ2) is 7.73. The quantitative estimate of drug-likeness (QED) is 0.456. The van der Waals surface area contributed by atoms with E-state index in [2.05, 4.69) is 21.2 Å². The molecule has 1 amide bonds. The standard InChI is InChI=1S/C15H13BrN2O6/c1-9(14(19)17-8-11-3-2-6-23-11)24-15(20)10-4-5-12(16)13(7-10)18(21)22/h2-7,9H,8H2,1H3,(H,17,19)/t9-/m1/s1. The zero-order valence-electron chi connectivity index (χ0n) is 12.5. The number of carbonyl (C=O) groups excluding carboxylic acids is 2. The maximum Gasteiger partial charge on any atom is 0.339 e. The zero-order chi connectivity index (χ0) is 17.7. The Labute approximate surface area is 145 Å². The third kappa shape index (κ3) is 4.42. The Hall–Kier alpha value is -2.68. The molecular formula is C15H13BrN2O6. The average Bonchev–Trinajstić information content (AvgIpc) is 3.05. The van der Waals surface area contributed by atoms with Crippen molar-refractivity contribution in [2.45, 2.75) is 19.6 Å². The van der Waals surface area contributed by atoms with Crippen molar-refractivity contribution in [2.75, 3.05) is 0 Å². The SMILES string of the molecule is C[C@@H](OC(=O)c1ccc(Br)c([N+](=O)[O-])c1)C(=O)NCc1ccco1. The van der Waals surface area contributed by atoms with Crippen LogP contribution in [0.1, 0.15) is 23.0 Å². The van der Waals surface area contributed by atoms with E-state index in [1.165, 1.54) is 25.3 Å². The minimum atomic E-state index is -1.06. The molecule has 0 radical (unpaired) electrons. The molecule has 2 rings (SSSR count). The van der Waals surface area contributed by atoms with Gasteiger partial charge in [-0.15, -0.1) is 0 Å². The van der Waals surface area contributed by atoms with Gasteiger partial charge < -0.3 is 14.5 Å². The number of furan rings is 1. The van der Waals surface area contributed by atoms with E-state index >= 15 is 0 Å². The Morgan fingerprint density at radius 1 is 1.42 bits per heavy atom. The topological polar surface area (TPSA) is 112 Å². The lowest BCUT2D eigenvalue weighted by molar-refractivity contribution is -0.385. The van der Waals surface area contributed by atoms with Crippen molar-refractivity contribution in [1.29, 1.82) is 0 Å². The minimum absolute atomic E-state index is 0.0180. The summed E-state index contributed by atoms with van der Waals surface area (Å²) < 4.78 is 10.3. The number of nitro benzene ring substituents is 1. The molecule has 1 N–H and O–H groups in total. The summed E-state index contributed by atoms with van der Waals surface area (Å²) in [6.45, 7) is 1.57. The molecule has 24 heavy (non-hydrogen) atoms. The highest BCUT2D eigenvalue weighted by atomic mass is 79.9. The fourth-order valence-electron chi connectivity index (χ4n) is 1.79. The number of ether oxygens (including phenoxy) is 1. The van der Waals surface area contributed by atoms with Crippen molar-refractivity contribution in [3.63, 3.8) is 0 Å². The summed E-state index contributed by atoms with van der Waals surface area (Å²) in [5.74, 6) is -0.775. The maximum atomic E-state index is 12.0. The first-order chi connectivity index (χ1) is 11.4. The van der Waals surface area contributed by atoms with Crippen molar-refractivity contribution in [3.8, 4) is 0 Å². The van der Waals surface area contributed by atoms with Gasteiger partial charge >= 0.3 is 5.97 Å². The van der Waals surface area contributed by atoms with E-state index in [-0.39, 0.29) is 22.3 Å². The number of benzene rings is 1. The first kappa shape index (κ1) is 17.7. The van der Waals surface area contributed by atoms with Crippen molar-refractivity contribution in [3.05, 3.63) is 62.5 Å². The lowest BCUT2D eigenvalue weighted by Gasteiger charge is -2.13. The number of nitrogens with one attached hydrogen (secondary N) is 1. The van der Waals surface area contributed by atoms with E-state index in [0.29, 0.717) is 5.76 Å². The van der Waals surface area contributed by atoms with Crippen LogP contribution in [0.5, 0.6) is 0 Å². The molecule has 0 saturated carbocycles. The largest absolute Gasteiger partial charge is 0.467 e. The Bertz CT molecular complexity index is 759. The number of halogens is 1. The smallest absolute Gasteiger partial charge is 0.339 e. The highest BCUT2D eigenvalue weighted by Gasteiger charge is 2.21. The van der Waals surface area contributed by atoms with E-state index in [4.69, 9.17) is 9.15 Å². The van der Waals surface area contributed by atoms with Crippen LogP contribution in [-0.2, 0) is 16.1 Å². The van der Waals surface area contributed by atoms with Crippen LogP contribution in [-0.4, -0.2) is 22.9 Å². The van der Waals surface area contributed by atoms with Crippen LogP contribution in [0.2, 0.25) is 0 Å². The number of rotatable bonds is 6. The van der Waals surface area contributed by atoms with E-state index in [0.717, 1.165) is 6.07 Å². The number of esters is 1. The normalized spacial score (nSPS) is 11.6. The first-order valence-corrected chi connectivity index (χ1v) is 7.63. The molecule has 1 aromatic carbocycles. The molecule has 0 unspecified atom stereocenters. The summed E-state index contributed by atoms with van der Waals surface area (Å²) in [5, 5.41) is 13.4. The number of hydrogen-bond acceptors (Lipinski definition) is 6. The van der Waals surface area contributed by atoms with Gasteiger partial charge in [0.05, 0.1) is 27.8 Å². The van der Waals surface area contributed by atoms with Crippen LogP contribution in [0.15, 0.2) is 45.5 Å². The molecule has 0 aliphatic heterocycles. The highest BCUT2D eigenvalue weighted by molar-refractivity contribution is 9.10. The lowest BCUT2D eigenvalue weighted by Crippen LogP contribution is -2.35. The summed E-state index contributed by atoms with van der Waals surface area (Å²) in [7, 11) is 0. The van der Waals surface area contributed by atoms with Crippen molar-refractivity contribution in [2.24, 2.45) is 0 Å². The van der Waals surface area contributed by atoms with Gasteiger partial charge in [-0.3, -0.25) is 14.9 Å². The van der Waals surface area contributed by atoms with Gasteiger partial charge in [0.1, 0.15) is 5.76 Å². The Kier molecular flexibility index (Phi) is 5.69. The number of amides is 1. The molecule has 9 heteroatoms. The second-order valence-corrected chi connectivity index (χ2v) is 5.62. The Morgan fingerprint density at radius 3 is 2.79 bits per heavy atom. The summed E-state index contributed by atoms with van der Waals surface area (Å²) >= 11 is 3.03. The summed E-state index contributed by atoms with van der Waals surface area (Å²) in [5.41, 5.74) is -0.282. The van der Waals surface area contributed by atoms with Crippen LogP contribution in [0.4, 0.5) is 5.69 Å². The van der Waals surface area contributed by atoms with Gasteiger partial charge in [-0.1, -0.05) is 0 Å². The molecule has 1 atom stereocenters. The predicted molar refractivity (Wildman–Crippen MR) is 86.2 cm³/mol. The van der Waals surface area contributed by atoms with Gasteiger partial charge in [0.15, 0.2) is 6.10 Å². The van der Waals surface area contributed by atoms with Gasteiger partial charge in [-0.25, -0.2) is 4.79 Å². The number of carbonyl (C=O) groups is 2. The average molecular weight is 397 g/mol. The van der Waals surface area contributed by atoms with E-state index in [1.807, 2.05) is 0 Å². The van der Waals surface area contributed by atoms with Crippen LogP contribution in [0.3, 0.4) is 0 Å². The molecule has 0 spiro atoms. The van der Waals surface area contributed by atoms with E-state index in [9.17, 15) is 19.7 Å². The van der Waals surface area contributed by atoms with Gasteiger partial charge in [0.25, 0.3) is 11.6 Å². The Balaban J connectivity index is 1.96. The number of nitrogens with zero attached hydrogens (tertiary/aromatic N) is 1. The molecule has 0 aliphatic rings. The van der Waals surface area contributed by atoms with Crippen LogP contribution < -0.4 is 5.32 Å². The van der Waals surface area contributed by atoms with Crippen LogP contribution in [0.25, 0.3) is 0 Å².